The van der Waals surface area contributed by atoms with Crippen LogP contribution in [0, 0.1) is 34.5 Å². The van der Waals surface area contributed by atoms with Crippen LogP contribution in [0.1, 0.15) is 71.0 Å². The smallest absolute Gasteiger partial charge is 0.126 e. The first-order valence-corrected chi connectivity index (χ1v) is 11.8. The van der Waals surface area contributed by atoms with Crippen LogP contribution in [-0.4, -0.2) is 22.1 Å². The summed E-state index contributed by atoms with van der Waals surface area (Å²) >= 11 is 0. The molecular formula is C26H35NO3. The van der Waals surface area contributed by atoms with E-state index in [1.165, 1.54) is 31.3 Å². The molecule has 0 radical (unpaired) electrons. The Morgan fingerprint density at radius 1 is 1.13 bits per heavy atom. The molecule has 0 bridgehead atoms. The Hall–Kier alpha value is -1.81. The lowest BCUT2D eigenvalue weighted by atomic mass is 9.45. The van der Waals surface area contributed by atoms with Gasteiger partial charge >= 0.3 is 0 Å². The SMILES string of the molecule is C[C@]12CCC3C(CC[C@H]4C[C@@H](O)CC[C@]34C)C1CC(=C\C=C\c1ccco1)/C2=N\O. The van der Waals surface area contributed by atoms with Crippen LogP contribution in [0.25, 0.3) is 6.08 Å². The maximum absolute atomic E-state index is 10.2. The van der Waals surface area contributed by atoms with Crippen LogP contribution in [0.5, 0.6) is 0 Å². The summed E-state index contributed by atoms with van der Waals surface area (Å²) in [5, 5.41) is 24.0. The minimum Gasteiger partial charge on any atom is -0.465 e. The number of rotatable bonds is 2. The summed E-state index contributed by atoms with van der Waals surface area (Å²) in [5.74, 6) is 3.49. The molecule has 0 aliphatic heterocycles. The summed E-state index contributed by atoms with van der Waals surface area (Å²) in [5.41, 5.74) is 2.42. The van der Waals surface area contributed by atoms with Crippen molar-refractivity contribution in [2.75, 3.05) is 0 Å². The van der Waals surface area contributed by atoms with Crippen LogP contribution in [0.3, 0.4) is 0 Å². The molecule has 4 fully saturated rings. The minimum atomic E-state index is -0.0939. The van der Waals surface area contributed by atoms with Crippen LogP contribution >= 0.6 is 0 Å². The molecule has 1 aromatic rings. The van der Waals surface area contributed by atoms with Gasteiger partial charge in [0.1, 0.15) is 5.76 Å². The van der Waals surface area contributed by atoms with E-state index in [0.29, 0.717) is 23.2 Å². The zero-order valence-corrected chi connectivity index (χ0v) is 18.3. The van der Waals surface area contributed by atoms with E-state index in [4.69, 9.17) is 4.42 Å². The predicted molar refractivity (Wildman–Crippen MR) is 118 cm³/mol. The molecule has 162 valence electrons. The van der Waals surface area contributed by atoms with Gasteiger partial charge in [-0.1, -0.05) is 31.2 Å². The first kappa shape index (κ1) is 20.1. The third-order valence-corrected chi connectivity index (χ3v) is 9.51. The number of aliphatic hydroxyl groups excluding tert-OH is 1. The quantitative estimate of drug-likeness (QED) is 0.461. The highest BCUT2D eigenvalue weighted by Gasteiger charge is 2.60. The van der Waals surface area contributed by atoms with Crippen molar-refractivity contribution in [1.29, 1.82) is 0 Å². The number of aliphatic hydroxyl groups is 1. The van der Waals surface area contributed by atoms with Gasteiger partial charge in [-0.05, 0) is 104 Å². The van der Waals surface area contributed by atoms with E-state index < -0.39 is 0 Å². The van der Waals surface area contributed by atoms with E-state index in [1.807, 2.05) is 24.3 Å². The molecule has 30 heavy (non-hydrogen) atoms. The molecule has 0 aromatic carbocycles. The second kappa shape index (κ2) is 7.40. The normalized spacial score (nSPS) is 46.2. The molecule has 5 rings (SSSR count). The molecule has 0 amide bonds. The van der Waals surface area contributed by atoms with Crippen molar-refractivity contribution in [2.45, 2.75) is 71.3 Å². The molecule has 0 spiro atoms. The maximum atomic E-state index is 10.2. The van der Waals surface area contributed by atoms with E-state index in [2.05, 4.69) is 25.1 Å². The van der Waals surface area contributed by atoms with Gasteiger partial charge < -0.3 is 14.7 Å². The van der Waals surface area contributed by atoms with Crippen LogP contribution in [-0.2, 0) is 0 Å². The number of nitrogens with zero attached hydrogens (tertiary/aromatic N) is 1. The van der Waals surface area contributed by atoms with Crippen molar-refractivity contribution in [2.24, 2.45) is 39.7 Å². The van der Waals surface area contributed by atoms with Crippen LogP contribution in [0.4, 0.5) is 0 Å². The predicted octanol–water partition coefficient (Wildman–Crippen LogP) is 6.06. The molecular weight excluding hydrogens is 374 g/mol. The third-order valence-electron chi connectivity index (χ3n) is 9.51. The van der Waals surface area contributed by atoms with Crippen LogP contribution < -0.4 is 0 Å². The van der Waals surface area contributed by atoms with Crippen molar-refractivity contribution in [1.82, 2.24) is 0 Å². The van der Waals surface area contributed by atoms with Gasteiger partial charge in [0.05, 0.1) is 18.1 Å². The fourth-order valence-corrected chi connectivity index (χ4v) is 7.90. The average Bonchev–Trinajstić information content (AvgIpc) is 3.33. The van der Waals surface area contributed by atoms with E-state index in [0.717, 1.165) is 43.1 Å². The maximum Gasteiger partial charge on any atom is 0.126 e. The summed E-state index contributed by atoms with van der Waals surface area (Å²) < 4.78 is 5.39. The minimum absolute atomic E-state index is 0.0301. The van der Waals surface area contributed by atoms with E-state index in [-0.39, 0.29) is 11.5 Å². The fourth-order valence-electron chi connectivity index (χ4n) is 7.90. The zero-order valence-electron chi connectivity index (χ0n) is 18.3. The largest absolute Gasteiger partial charge is 0.465 e. The molecule has 2 N–H and O–H groups in total. The number of furan rings is 1. The van der Waals surface area contributed by atoms with Crippen LogP contribution in [0.2, 0.25) is 0 Å². The van der Waals surface area contributed by atoms with Gasteiger partial charge in [0.25, 0.3) is 0 Å². The highest BCUT2D eigenvalue weighted by molar-refractivity contribution is 6.06. The molecule has 4 aliphatic carbocycles. The zero-order chi connectivity index (χ0) is 20.9. The Labute approximate surface area is 179 Å². The molecule has 0 saturated heterocycles. The summed E-state index contributed by atoms with van der Waals surface area (Å²) in [6.45, 7) is 4.85. The Morgan fingerprint density at radius 3 is 2.77 bits per heavy atom. The van der Waals surface area contributed by atoms with Crippen molar-refractivity contribution in [3.8, 4) is 0 Å². The summed E-state index contributed by atoms with van der Waals surface area (Å²) in [7, 11) is 0. The molecule has 7 atom stereocenters. The monoisotopic (exact) mass is 409 g/mol. The Bertz CT molecular complexity index is 869. The van der Waals surface area contributed by atoms with E-state index in [9.17, 15) is 10.3 Å². The number of oxime groups is 1. The second-order valence-electron chi connectivity index (χ2n) is 10.8. The molecule has 4 aliphatic rings. The molecule has 1 heterocycles. The van der Waals surface area contributed by atoms with Gasteiger partial charge in [-0.25, -0.2) is 0 Å². The number of hydrogen-bond acceptors (Lipinski definition) is 4. The Balaban J connectivity index is 1.42. The molecule has 4 saturated carbocycles. The van der Waals surface area contributed by atoms with Gasteiger partial charge in [-0.2, -0.15) is 0 Å². The van der Waals surface area contributed by atoms with Crippen molar-refractivity contribution in [3.05, 3.63) is 41.9 Å². The summed E-state index contributed by atoms with van der Waals surface area (Å²) in [6, 6.07) is 3.83. The first-order chi connectivity index (χ1) is 14.5. The Kier molecular flexibility index (Phi) is 4.96. The van der Waals surface area contributed by atoms with Gasteiger partial charge in [0.2, 0.25) is 0 Å². The second-order valence-corrected chi connectivity index (χ2v) is 10.8. The molecule has 3 unspecified atom stereocenters. The highest BCUT2D eigenvalue weighted by atomic mass is 16.4. The summed E-state index contributed by atoms with van der Waals surface area (Å²) in [4.78, 5) is 0. The van der Waals surface area contributed by atoms with Crippen molar-refractivity contribution in [3.63, 3.8) is 0 Å². The standard InChI is InChI=1S/C26H35NO3/c1-25-12-10-19(28)16-18(25)8-9-21-22(25)11-13-26(2)23(21)15-17(24(26)27-29)5-3-6-20-7-4-14-30-20/h3-7,14,18-19,21-23,28-29H,8-13,15-16H2,1-2H3/b6-3+,17-5+,27-24+/t18-,19-,21?,22?,23?,25-,26-/m0/s1. The lowest BCUT2D eigenvalue weighted by Gasteiger charge is -2.60. The van der Waals surface area contributed by atoms with Gasteiger partial charge in [0.15, 0.2) is 0 Å². The number of allylic oxidation sites excluding steroid dienone is 3. The lowest BCUT2D eigenvalue weighted by molar-refractivity contribution is -0.113. The fraction of sp³-hybridized carbons (Fsp3) is 0.654. The molecule has 4 heteroatoms. The first-order valence-electron chi connectivity index (χ1n) is 11.8. The highest BCUT2D eigenvalue weighted by Crippen LogP contribution is 2.66. The topological polar surface area (TPSA) is 66.0 Å². The summed E-state index contributed by atoms with van der Waals surface area (Å²) in [6.07, 6.45) is 16.6. The average molecular weight is 410 g/mol. The van der Waals surface area contributed by atoms with Gasteiger partial charge in [-0.15, -0.1) is 0 Å². The number of fused-ring (bicyclic) bond motifs is 5. The lowest BCUT2D eigenvalue weighted by Crippen LogP contribution is -2.54. The van der Waals surface area contributed by atoms with Gasteiger partial charge in [-0.3, -0.25) is 0 Å². The van der Waals surface area contributed by atoms with Crippen molar-refractivity contribution >= 4 is 11.8 Å². The third kappa shape index (κ3) is 3.02. The van der Waals surface area contributed by atoms with Crippen molar-refractivity contribution < 1.29 is 14.7 Å². The molecule has 4 nitrogen and oxygen atoms in total. The van der Waals surface area contributed by atoms with Crippen LogP contribution in [0.15, 0.2) is 45.7 Å². The van der Waals surface area contributed by atoms with E-state index >= 15 is 0 Å². The Morgan fingerprint density at radius 2 is 2.00 bits per heavy atom. The van der Waals surface area contributed by atoms with E-state index in [1.54, 1.807) is 6.26 Å². The molecule has 1 aromatic heterocycles. The van der Waals surface area contributed by atoms with Gasteiger partial charge in [0, 0.05) is 5.41 Å². The number of hydrogen-bond donors (Lipinski definition) is 2.